The lowest BCUT2D eigenvalue weighted by molar-refractivity contribution is -0.121. The Bertz CT molecular complexity index is 687. The monoisotopic (exact) mass is 423 g/mol. The number of carbonyl (C=O) groups excluding carboxylic acids is 2. The third-order valence-corrected chi connectivity index (χ3v) is 5.02. The molecule has 7 heteroatoms. The van der Waals surface area contributed by atoms with Crippen molar-refractivity contribution in [1.82, 2.24) is 15.5 Å². The van der Waals surface area contributed by atoms with Gasteiger partial charge < -0.3 is 15.5 Å². The van der Waals surface area contributed by atoms with E-state index < -0.39 is 0 Å². The maximum Gasteiger partial charge on any atom is 0.251 e. The maximum atomic E-state index is 12.0. The standard InChI is InChI=1S/C18H22BrN3O2S/c1-22(2)16(14-8-10-25-12-14)11-21-17(23)7-9-20-18(24)13-3-5-15(19)6-4-13/h3-6,8,10,12,16H,7,9,11H2,1-2H3,(H,20,24)(H,21,23)/t16-/m1/s1. The Morgan fingerprint density at radius 1 is 1.16 bits per heavy atom. The number of nitrogens with zero attached hydrogens (tertiary/aromatic N) is 1. The van der Waals surface area contributed by atoms with E-state index in [4.69, 9.17) is 0 Å². The highest BCUT2D eigenvalue weighted by atomic mass is 79.9. The normalized spacial score (nSPS) is 12.0. The molecule has 0 aliphatic heterocycles. The van der Waals surface area contributed by atoms with Gasteiger partial charge >= 0.3 is 0 Å². The molecule has 2 amide bonds. The van der Waals surface area contributed by atoms with Gasteiger partial charge in [-0.25, -0.2) is 0 Å². The fourth-order valence-corrected chi connectivity index (χ4v) is 3.33. The number of hydrogen-bond acceptors (Lipinski definition) is 4. The van der Waals surface area contributed by atoms with Crippen molar-refractivity contribution in [3.8, 4) is 0 Å². The lowest BCUT2D eigenvalue weighted by Crippen LogP contribution is -2.36. The van der Waals surface area contributed by atoms with E-state index in [0.29, 0.717) is 18.7 Å². The zero-order valence-electron chi connectivity index (χ0n) is 14.3. The summed E-state index contributed by atoms with van der Waals surface area (Å²) >= 11 is 4.98. The van der Waals surface area contributed by atoms with Crippen molar-refractivity contribution in [1.29, 1.82) is 0 Å². The topological polar surface area (TPSA) is 61.4 Å². The molecule has 0 aliphatic carbocycles. The predicted octanol–water partition coefficient (Wildman–Crippen LogP) is 3.05. The average molecular weight is 424 g/mol. The molecule has 0 bridgehead atoms. The fraction of sp³-hybridized carbons (Fsp3) is 0.333. The molecule has 1 aromatic carbocycles. The van der Waals surface area contributed by atoms with Crippen LogP contribution in [0.2, 0.25) is 0 Å². The van der Waals surface area contributed by atoms with E-state index in [0.717, 1.165) is 4.47 Å². The van der Waals surface area contributed by atoms with E-state index in [1.54, 1.807) is 23.5 Å². The Labute approximate surface area is 160 Å². The molecule has 25 heavy (non-hydrogen) atoms. The summed E-state index contributed by atoms with van der Waals surface area (Å²) in [5.41, 5.74) is 1.77. The minimum atomic E-state index is -0.176. The highest BCUT2D eigenvalue weighted by molar-refractivity contribution is 9.10. The summed E-state index contributed by atoms with van der Waals surface area (Å²) in [6.07, 6.45) is 0.256. The summed E-state index contributed by atoms with van der Waals surface area (Å²) in [5.74, 6) is -0.247. The largest absolute Gasteiger partial charge is 0.354 e. The zero-order chi connectivity index (χ0) is 18.2. The van der Waals surface area contributed by atoms with Crippen molar-refractivity contribution < 1.29 is 9.59 Å². The molecule has 2 N–H and O–H groups in total. The van der Waals surface area contributed by atoms with Crippen LogP contribution in [0.5, 0.6) is 0 Å². The van der Waals surface area contributed by atoms with Crippen LogP contribution in [0.25, 0.3) is 0 Å². The summed E-state index contributed by atoms with van der Waals surface area (Å²) in [6.45, 7) is 0.856. The summed E-state index contributed by atoms with van der Waals surface area (Å²) in [7, 11) is 3.99. The number of nitrogens with one attached hydrogen (secondary N) is 2. The first-order valence-corrected chi connectivity index (χ1v) is 9.70. The van der Waals surface area contributed by atoms with Gasteiger partial charge in [-0.1, -0.05) is 15.9 Å². The molecule has 0 fully saturated rings. The highest BCUT2D eigenvalue weighted by Crippen LogP contribution is 2.19. The van der Waals surface area contributed by atoms with Gasteiger partial charge in [-0.2, -0.15) is 11.3 Å². The van der Waals surface area contributed by atoms with Gasteiger partial charge in [-0.15, -0.1) is 0 Å². The van der Waals surface area contributed by atoms with Crippen molar-refractivity contribution in [3.05, 3.63) is 56.7 Å². The molecule has 134 valence electrons. The molecule has 1 heterocycles. The predicted molar refractivity (Wildman–Crippen MR) is 105 cm³/mol. The second-order valence-corrected chi connectivity index (χ2v) is 7.55. The van der Waals surface area contributed by atoms with Crippen molar-refractivity contribution in [3.63, 3.8) is 0 Å². The van der Waals surface area contributed by atoms with Crippen LogP contribution in [-0.2, 0) is 4.79 Å². The third kappa shape index (κ3) is 6.26. The van der Waals surface area contributed by atoms with E-state index in [-0.39, 0.29) is 24.3 Å². The van der Waals surface area contributed by atoms with Gasteiger partial charge in [0.1, 0.15) is 0 Å². The summed E-state index contributed by atoms with van der Waals surface area (Å²) in [4.78, 5) is 26.1. The van der Waals surface area contributed by atoms with Gasteiger partial charge in [-0.3, -0.25) is 9.59 Å². The van der Waals surface area contributed by atoms with Crippen LogP contribution >= 0.6 is 27.3 Å². The maximum absolute atomic E-state index is 12.0. The van der Waals surface area contributed by atoms with Crippen LogP contribution in [0.15, 0.2) is 45.6 Å². The molecule has 0 aliphatic rings. The Kier molecular flexibility index (Phi) is 7.61. The molecule has 0 saturated heterocycles. The zero-order valence-corrected chi connectivity index (χ0v) is 16.7. The van der Waals surface area contributed by atoms with Gasteiger partial charge in [0.2, 0.25) is 5.91 Å². The second-order valence-electron chi connectivity index (χ2n) is 5.85. The number of likely N-dealkylation sites (N-methyl/N-ethyl adjacent to an activating group) is 1. The van der Waals surface area contributed by atoms with Crippen LogP contribution in [0.1, 0.15) is 28.4 Å². The Morgan fingerprint density at radius 3 is 2.48 bits per heavy atom. The van der Waals surface area contributed by atoms with Crippen LogP contribution in [0.3, 0.4) is 0 Å². The van der Waals surface area contributed by atoms with Crippen LogP contribution in [0, 0.1) is 0 Å². The van der Waals surface area contributed by atoms with E-state index in [1.807, 2.05) is 31.6 Å². The summed E-state index contributed by atoms with van der Waals surface area (Å²) in [6, 6.07) is 9.32. The van der Waals surface area contributed by atoms with Crippen molar-refractivity contribution in [2.45, 2.75) is 12.5 Å². The van der Waals surface area contributed by atoms with Crippen molar-refractivity contribution in [2.75, 3.05) is 27.2 Å². The molecule has 1 atom stereocenters. The van der Waals surface area contributed by atoms with Crippen LogP contribution in [-0.4, -0.2) is 43.9 Å². The summed E-state index contributed by atoms with van der Waals surface area (Å²) in [5, 5.41) is 9.83. The molecular weight excluding hydrogens is 402 g/mol. The Morgan fingerprint density at radius 2 is 1.88 bits per heavy atom. The quantitative estimate of drug-likeness (QED) is 0.685. The number of halogens is 1. The molecule has 5 nitrogen and oxygen atoms in total. The van der Waals surface area contributed by atoms with Gasteiger partial charge in [0.15, 0.2) is 0 Å². The Balaban J connectivity index is 1.73. The lowest BCUT2D eigenvalue weighted by atomic mass is 10.1. The number of carbonyl (C=O) groups is 2. The number of thiophene rings is 1. The van der Waals surface area contributed by atoms with Gasteiger partial charge in [0, 0.05) is 29.5 Å². The fourth-order valence-electron chi connectivity index (χ4n) is 2.35. The molecule has 0 radical (unpaired) electrons. The molecule has 0 saturated carbocycles. The van der Waals surface area contributed by atoms with Gasteiger partial charge in [-0.05, 0) is 60.8 Å². The number of benzene rings is 1. The van der Waals surface area contributed by atoms with E-state index >= 15 is 0 Å². The summed E-state index contributed by atoms with van der Waals surface area (Å²) < 4.78 is 0.921. The molecule has 2 rings (SSSR count). The van der Waals surface area contributed by atoms with Crippen molar-refractivity contribution >= 4 is 39.1 Å². The number of hydrogen-bond donors (Lipinski definition) is 2. The van der Waals surface area contributed by atoms with Crippen LogP contribution in [0.4, 0.5) is 0 Å². The first kappa shape index (κ1) is 19.6. The highest BCUT2D eigenvalue weighted by Gasteiger charge is 2.15. The third-order valence-electron chi connectivity index (χ3n) is 3.79. The van der Waals surface area contributed by atoms with E-state index in [9.17, 15) is 9.59 Å². The molecule has 1 aromatic heterocycles. The molecule has 0 unspecified atom stereocenters. The minimum absolute atomic E-state index is 0.0711. The first-order valence-electron chi connectivity index (χ1n) is 7.96. The first-order chi connectivity index (χ1) is 12.0. The molecular formula is C18H22BrN3O2S. The minimum Gasteiger partial charge on any atom is -0.354 e. The molecule has 0 spiro atoms. The Hall–Kier alpha value is -1.70. The van der Waals surface area contributed by atoms with Gasteiger partial charge in [0.25, 0.3) is 5.91 Å². The average Bonchev–Trinajstić information content (AvgIpc) is 3.09. The smallest absolute Gasteiger partial charge is 0.251 e. The molecule has 2 aromatic rings. The lowest BCUT2D eigenvalue weighted by Gasteiger charge is -2.24. The van der Waals surface area contributed by atoms with E-state index in [2.05, 4.69) is 42.9 Å². The van der Waals surface area contributed by atoms with Crippen LogP contribution < -0.4 is 10.6 Å². The van der Waals surface area contributed by atoms with Crippen molar-refractivity contribution in [2.24, 2.45) is 0 Å². The number of amides is 2. The SMILES string of the molecule is CN(C)[C@H](CNC(=O)CCNC(=O)c1ccc(Br)cc1)c1ccsc1. The second kappa shape index (κ2) is 9.70. The number of rotatable bonds is 8. The van der Waals surface area contributed by atoms with E-state index in [1.165, 1.54) is 5.56 Å². The van der Waals surface area contributed by atoms with Gasteiger partial charge in [0.05, 0.1) is 6.04 Å².